The molecule has 0 bridgehead atoms. The molecule has 4 rings (SSSR count). The number of hydrogen-bond donors (Lipinski definition) is 1. The molecule has 2 aromatic heterocycles. The van der Waals surface area contributed by atoms with Crippen molar-refractivity contribution in [3.05, 3.63) is 34.6 Å². The van der Waals surface area contributed by atoms with Gasteiger partial charge >= 0.3 is 0 Å². The zero-order valence-corrected chi connectivity index (χ0v) is 17.7. The molecule has 1 fully saturated rings. The molecular formula is C21H24N6O2S. The second-order valence-electron chi connectivity index (χ2n) is 7.68. The van der Waals surface area contributed by atoms with Crippen LogP contribution in [0.2, 0.25) is 0 Å². The van der Waals surface area contributed by atoms with Gasteiger partial charge in [0.1, 0.15) is 5.54 Å². The first-order valence-corrected chi connectivity index (χ1v) is 11.3. The van der Waals surface area contributed by atoms with Crippen LogP contribution < -0.4 is 10.9 Å². The summed E-state index contributed by atoms with van der Waals surface area (Å²) in [6, 6.07) is 9.67. The number of carbonyl (C=O) groups is 1. The Morgan fingerprint density at radius 1 is 1.27 bits per heavy atom. The molecule has 9 heteroatoms. The fraction of sp³-hybridized carbons (Fsp3) is 0.476. The van der Waals surface area contributed by atoms with Gasteiger partial charge in [0.15, 0.2) is 5.16 Å². The number of fused-ring (bicyclic) bond motifs is 3. The minimum absolute atomic E-state index is 0.0881. The molecule has 156 valence electrons. The van der Waals surface area contributed by atoms with Crippen LogP contribution in [-0.4, -0.2) is 36.4 Å². The van der Waals surface area contributed by atoms with Crippen LogP contribution in [0.3, 0.4) is 0 Å². The predicted octanol–water partition coefficient (Wildman–Crippen LogP) is 2.89. The van der Waals surface area contributed by atoms with Crippen molar-refractivity contribution in [1.82, 2.24) is 24.5 Å². The summed E-state index contributed by atoms with van der Waals surface area (Å²) in [5.74, 6) is 0.418. The molecule has 30 heavy (non-hydrogen) atoms. The van der Waals surface area contributed by atoms with Crippen molar-refractivity contribution in [1.29, 1.82) is 5.26 Å². The van der Waals surface area contributed by atoms with Crippen molar-refractivity contribution < 1.29 is 4.79 Å². The maximum Gasteiger partial charge on any atom is 0.262 e. The van der Waals surface area contributed by atoms with Gasteiger partial charge < -0.3 is 5.32 Å². The van der Waals surface area contributed by atoms with Gasteiger partial charge in [-0.2, -0.15) is 5.26 Å². The van der Waals surface area contributed by atoms with Gasteiger partial charge in [-0.05, 0) is 31.4 Å². The number of aromatic nitrogens is 4. The average Bonchev–Trinajstić information content (AvgIpc) is 3.20. The first kappa shape index (κ1) is 20.4. The summed E-state index contributed by atoms with van der Waals surface area (Å²) in [5.41, 5.74) is -0.120. The Bertz CT molecular complexity index is 1190. The van der Waals surface area contributed by atoms with Crippen molar-refractivity contribution in [3.8, 4) is 6.07 Å². The van der Waals surface area contributed by atoms with Crippen molar-refractivity contribution >= 4 is 34.3 Å². The van der Waals surface area contributed by atoms with E-state index in [4.69, 9.17) is 0 Å². The minimum atomic E-state index is -0.753. The molecule has 1 saturated carbocycles. The van der Waals surface area contributed by atoms with Gasteiger partial charge in [0.25, 0.3) is 5.56 Å². The van der Waals surface area contributed by atoms with Gasteiger partial charge in [-0.1, -0.05) is 50.1 Å². The zero-order chi connectivity index (χ0) is 21.1. The third kappa shape index (κ3) is 3.67. The maximum absolute atomic E-state index is 12.9. The average molecular weight is 425 g/mol. The van der Waals surface area contributed by atoms with Gasteiger partial charge in [-0.3, -0.25) is 18.6 Å². The highest BCUT2D eigenvalue weighted by Crippen LogP contribution is 2.28. The van der Waals surface area contributed by atoms with Gasteiger partial charge in [0.05, 0.1) is 22.7 Å². The Morgan fingerprint density at radius 3 is 2.77 bits per heavy atom. The Labute approximate surface area is 178 Å². The summed E-state index contributed by atoms with van der Waals surface area (Å²) in [6.45, 7) is 2.55. The summed E-state index contributed by atoms with van der Waals surface area (Å²) in [4.78, 5) is 25.5. The van der Waals surface area contributed by atoms with E-state index in [9.17, 15) is 14.9 Å². The molecule has 0 radical (unpaired) electrons. The summed E-state index contributed by atoms with van der Waals surface area (Å²) in [6.07, 6.45) is 5.20. The molecule has 0 spiro atoms. The maximum atomic E-state index is 12.9. The normalized spacial score (nSPS) is 15.9. The van der Waals surface area contributed by atoms with E-state index < -0.39 is 5.54 Å². The van der Waals surface area contributed by atoms with Crippen LogP contribution in [0.4, 0.5) is 0 Å². The standard InChI is InChI=1S/C21H24N6O2S/c1-2-12-26-18(29)15-8-4-5-9-16(15)27-19(26)24-25-20(27)30-13-17(28)23-21(14-22)10-6-3-7-11-21/h4-5,8-9H,2-3,6-7,10-13H2,1H3,(H,23,28). The van der Waals surface area contributed by atoms with Crippen molar-refractivity contribution in [2.45, 2.75) is 62.7 Å². The fourth-order valence-corrected chi connectivity index (χ4v) is 4.85. The Balaban J connectivity index is 1.63. The number of nitrogens with one attached hydrogen (secondary N) is 1. The molecule has 1 aromatic carbocycles. The Kier molecular flexibility index (Phi) is 5.77. The molecule has 3 aromatic rings. The number of para-hydroxylation sites is 1. The topological polar surface area (TPSA) is 105 Å². The molecular weight excluding hydrogens is 400 g/mol. The number of hydrogen-bond acceptors (Lipinski definition) is 6. The third-order valence-corrected chi connectivity index (χ3v) is 6.49. The fourth-order valence-electron chi connectivity index (χ4n) is 4.11. The Morgan fingerprint density at radius 2 is 2.03 bits per heavy atom. The molecule has 1 N–H and O–H groups in total. The van der Waals surface area contributed by atoms with Gasteiger partial charge in [-0.15, -0.1) is 10.2 Å². The molecule has 1 amide bonds. The van der Waals surface area contributed by atoms with Crippen LogP contribution in [0.1, 0.15) is 45.4 Å². The number of aryl methyl sites for hydroxylation is 1. The second-order valence-corrected chi connectivity index (χ2v) is 8.63. The Hall–Kier alpha value is -2.86. The lowest BCUT2D eigenvalue weighted by Gasteiger charge is -2.31. The van der Waals surface area contributed by atoms with Crippen LogP contribution >= 0.6 is 11.8 Å². The first-order chi connectivity index (χ1) is 14.6. The first-order valence-electron chi connectivity index (χ1n) is 10.3. The molecule has 1 aliphatic rings. The predicted molar refractivity (Wildman–Crippen MR) is 115 cm³/mol. The number of carbonyl (C=O) groups excluding carboxylic acids is 1. The second kappa shape index (κ2) is 8.48. The van der Waals surface area contributed by atoms with E-state index in [2.05, 4.69) is 21.6 Å². The SMILES string of the molecule is CCCn1c(=O)c2ccccc2n2c(SCC(=O)NC3(C#N)CCCCC3)nnc12. The van der Waals surface area contributed by atoms with Crippen LogP contribution in [0.25, 0.3) is 16.7 Å². The zero-order valence-electron chi connectivity index (χ0n) is 16.9. The third-order valence-electron chi connectivity index (χ3n) is 5.56. The lowest BCUT2D eigenvalue weighted by atomic mass is 9.83. The van der Waals surface area contributed by atoms with E-state index >= 15 is 0 Å². The summed E-state index contributed by atoms with van der Waals surface area (Å²) < 4.78 is 3.47. The number of amides is 1. The molecule has 1 aliphatic carbocycles. The number of benzene rings is 1. The van der Waals surface area contributed by atoms with Crippen molar-refractivity contribution in [2.24, 2.45) is 0 Å². The van der Waals surface area contributed by atoms with E-state index in [1.54, 1.807) is 10.6 Å². The monoisotopic (exact) mass is 424 g/mol. The largest absolute Gasteiger partial charge is 0.337 e. The van der Waals surface area contributed by atoms with Crippen molar-refractivity contribution in [3.63, 3.8) is 0 Å². The number of rotatable bonds is 6. The highest BCUT2D eigenvalue weighted by Gasteiger charge is 2.33. The van der Waals surface area contributed by atoms with Crippen LogP contribution in [0.5, 0.6) is 0 Å². The molecule has 2 heterocycles. The summed E-state index contributed by atoms with van der Waals surface area (Å²) >= 11 is 1.26. The molecule has 0 atom stereocenters. The summed E-state index contributed by atoms with van der Waals surface area (Å²) in [5, 5.41) is 22.2. The molecule has 8 nitrogen and oxygen atoms in total. The van der Waals surface area contributed by atoms with E-state index in [1.807, 2.05) is 29.5 Å². The van der Waals surface area contributed by atoms with Gasteiger partial charge in [0.2, 0.25) is 11.7 Å². The smallest absolute Gasteiger partial charge is 0.262 e. The lowest BCUT2D eigenvalue weighted by molar-refractivity contribution is -0.120. The summed E-state index contributed by atoms with van der Waals surface area (Å²) in [7, 11) is 0. The van der Waals surface area contributed by atoms with Gasteiger partial charge in [-0.25, -0.2) is 0 Å². The number of thioether (sulfide) groups is 1. The highest BCUT2D eigenvalue weighted by molar-refractivity contribution is 7.99. The minimum Gasteiger partial charge on any atom is -0.337 e. The van der Waals surface area contributed by atoms with E-state index in [0.29, 0.717) is 35.7 Å². The van der Waals surface area contributed by atoms with Crippen LogP contribution in [0, 0.1) is 11.3 Å². The highest BCUT2D eigenvalue weighted by atomic mass is 32.2. The van der Waals surface area contributed by atoms with E-state index in [0.717, 1.165) is 31.2 Å². The molecule has 0 saturated heterocycles. The number of nitrogens with zero attached hydrogens (tertiary/aromatic N) is 5. The van der Waals surface area contributed by atoms with Gasteiger partial charge in [0, 0.05) is 6.54 Å². The van der Waals surface area contributed by atoms with Crippen molar-refractivity contribution in [2.75, 3.05) is 5.75 Å². The van der Waals surface area contributed by atoms with E-state index in [-0.39, 0.29) is 17.2 Å². The van der Waals surface area contributed by atoms with E-state index in [1.165, 1.54) is 11.8 Å². The number of nitriles is 1. The van der Waals surface area contributed by atoms with Crippen LogP contribution in [0.15, 0.2) is 34.2 Å². The molecule has 0 aliphatic heterocycles. The van der Waals surface area contributed by atoms with Crippen LogP contribution in [-0.2, 0) is 11.3 Å². The molecule has 0 unspecified atom stereocenters. The lowest BCUT2D eigenvalue weighted by Crippen LogP contribution is -2.49. The quantitative estimate of drug-likeness (QED) is 0.610.